The van der Waals surface area contributed by atoms with Crippen LogP contribution in [0.3, 0.4) is 0 Å². The van der Waals surface area contributed by atoms with E-state index < -0.39 is 6.10 Å². The van der Waals surface area contributed by atoms with Gasteiger partial charge in [-0.25, -0.2) is 0 Å². The molecular formula is C23H30N2O3. The molecule has 0 aliphatic carbocycles. The number of unbranched alkanes of at least 4 members (excludes halogenated alkanes) is 1. The van der Waals surface area contributed by atoms with Gasteiger partial charge in [0.1, 0.15) is 5.75 Å². The zero-order chi connectivity index (χ0) is 20.5. The van der Waals surface area contributed by atoms with Crippen molar-refractivity contribution in [3.63, 3.8) is 0 Å². The smallest absolute Gasteiger partial charge is 0.265 e. The number of amides is 2. The maximum absolute atomic E-state index is 12.8. The van der Waals surface area contributed by atoms with Gasteiger partial charge in [0.2, 0.25) is 0 Å². The standard InChI is InChI=1S/C23H30N2O3/c1-5-7-15-24-22(26)18-12-8-9-13-19(18)25-23(27)20(6-2)28-21-14-10-11-16(3)17(21)4/h8-14,20H,5-7,15H2,1-4H3,(H,24,26)(H,25,27). The van der Waals surface area contributed by atoms with Gasteiger partial charge in [0.25, 0.3) is 11.8 Å². The first-order valence-corrected chi connectivity index (χ1v) is 9.88. The van der Waals surface area contributed by atoms with Crippen molar-refractivity contribution in [3.05, 3.63) is 59.2 Å². The molecule has 2 aromatic rings. The van der Waals surface area contributed by atoms with Crippen molar-refractivity contribution in [2.45, 2.75) is 53.1 Å². The van der Waals surface area contributed by atoms with Gasteiger partial charge in [0, 0.05) is 6.54 Å². The molecule has 150 valence electrons. The van der Waals surface area contributed by atoms with Crippen molar-refractivity contribution >= 4 is 17.5 Å². The fourth-order valence-corrected chi connectivity index (χ4v) is 2.80. The number of ether oxygens (including phenoxy) is 1. The molecule has 0 aliphatic heterocycles. The molecule has 28 heavy (non-hydrogen) atoms. The third-order valence-corrected chi connectivity index (χ3v) is 4.73. The Hall–Kier alpha value is -2.82. The minimum Gasteiger partial charge on any atom is -0.480 e. The first-order chi connectivity index (χ1) is 13.5. The van der Waals surface area contributed by atoms with Crippen LogP contribution < -0.4 is 15.4 Å². The van der Waals surface area contributed by atoms with E-state index in [4.69, 9.17) is 4.74 Å². The van der Waals surface area contributed by atoms with Gasteiger partial charge >= 0.3 is 0 Å². The highest BCUT2D eigenvalue weighted by atomic mass is 16.5. The van der Waals surface area contributed by atoms with E-state index in [1.54, 1.807) is 24.3 Å². The molecule has 1 atom stereocenters. The minimum absolute atomic E-state index is 0.187. The number of anilines is 1. The maximum Gasteiger partial charge on any atom is 0.265 e. The van der Waals surface area contributed by atoms with Crippen molar-refractivity contribution in [2.24, 2.45) is 0 Å². The number of rotatable bonds is 9. The van der Waals surface area contributed by atoms with Crippen LogP contribution in [0, 0.1) is 13.8 Å². The summed E-state index contributed by atoms with van der Waals surface area (Å²) in [5.74, 6) is 0.248. The fraction of sp³-hybridized carbons (Fsp3) is 0.391. The van der Waals surface area contributed by atoms with E-state index in [-0.39, 0.29) is 11.8 Å². The van der Waals surface area contributed by atoms with Crippen molar-refractivity contribution in [1.82, 2.24) is 5.32 Å². The average Bonchev–Trinajstić information content (AvgIpc) is 2.69. The van der Waals surface area contributed by atoms with Crippen LogP contribution in [0.15, 0.2) is 42.5 Å². The number of nitrogens with one attached hydrogen (secondary N) is 2. The third kappa shape index (κ3) is 5.59. The largest absolute Gasteiger partial charge is 0.480 e. The Labute approximate surface area is 167 Å². The lowest BCUT2D eigenvalue weighted by molar-refractivity contribution is -0.122. The molecule has 2 N–H and O–H groups in total. The Kier molecular flexibility index (Phi) is 8.05. The summed E-state index contributed by atoms with van der Waals surface area (Å²) < 4.78 is 5.98. The second kappa shape index (κ2) is 10.5. The van der Waals surface area contributed by atoms with Crippen LogP contribution in [-0.2, 0) is 4.79 Å². The number of hydrogen-bond acceptors (Lipinski definition) is 3. The number of benzene rings is 2. The summed E-state index contributed by atoms with van der Waals surface area (Å²) in [5.41, 5.74) is 3.07. The molecule has 0 fully saturated rings. The zero-order valence-electron chi connectivity index (χ0n) is 17.2. The monoisotopic (exact) mass is 382 g/mol. The minimum atomic E-state index is -0.642. The summed E-state index contributed by atoms with van der Waals surface area (Å²) in [7, 11) is 0. The molecule has 2 amide bonds. The Bertz CT molecular complexity index is 817. The fourth-order valence-electron chi connectivity index (χ4n) is 2.80. The molecular weight excluding hydrogens is 352 g/mol. The number of carbonyl (C=O) groups is 2. The zero-order valence-corrected chi connectivity index (χ0v) is 17.2. The van der Waals surface area contributed by atoms with Crippen LogP contribution >= 0.6 is 0 Å². The molecule has 5 nitrogen and oxygen atoms in total. The van der Waals surface area contributed by atoms with Crippen molar-refractivity contribution in [2.75, 3.05) is 11.9 Å². The first-order valence-electron chi connectivity index (χ1n) is 9.88. The Morgan fingerprint density at radius 3 is 2.50 bits per heavy atom. The molecule has 0 heterocycles. The van der Waals surface area contributed by atoms with E-state index in [0.717, 1.165) is 24.0 Å². The molecule has 0 radical (unpaired) electrons. The van der Waals surface area contributed by atoms with E-state index in [2.05, 4.69) is 17.6 Å². The van der Waals surface area contributed by atoms with Crippen LogP contribution in [-0.4, -0.2) is 24.5 Å². The van der Waals surface area contributed by atoms with Gasteiger partial charge in [-0.15, -0.1) is 0 Å². The Morgan fingerprint density at radius 2 is 1.79 bits per heavy atom. The molecule has 1 unspecified atom stereocenters. The van der Waals surface area contributed by atoms with Crippen LogP contribution in [0.2, 0.25) is 0 Å². The van der Waals surface area contributed by atoms with Gasteiger partial charge in [-0.05, 0) is 56.0 Å². The summed E-state index contributed by atoms with van der Waals surface area (Å²) in [6, 6.07) is 12.8. The van der Waals surface area contributed by atoms with Crippen molar-refractivity contribution in [1.29, 1.82) is 0 Å². The average molecular weight is 383 g/mol. The second-order valence-electron chi connectivity index (χ2n) is 6.86. The number of carbonyl (C=O) groups excluding carboxylic acids is 2. The van der Waals surface area contributed by atoms with E-state index in [1.165, 1.54) is 0 Å². The molecule has 2 rings (SSSR count). The number of aryl methyl sites for hydroxylation is 1. The van der Waals surface area contributed by atoms with Gasteiger partial charge in [-0.1, -0.05) is 44.5 Å². The number of para-hydroxylation sites is 1. The lowest BCUT2D eigenvalue weighted by Crippen LogP contribution is -2.34. The second-order valence-corrected chi connectivity index (χ2v) is 6.86. The van der Waals surface area contributed by atoms with Crippen molar-refractivity contribution in [3.8, 4) is 5.75 Å². The highest BCUT2D eigenvalue weighted by Gasteiger charge is 2.21. The number of hydrogen-bond donors (Lipinski definition) is 2. The quantitative estimate of drug-likeness (QED) is 0.621. The lowest BCUT2D eigenvalue weighted by atomic mass is 10.1. The highest BCUT2D eigenvalue weighted by Crippen LogP contribution is 2.23. The van der Waals surface area contributed by atoms with Gasteiger partial charge in [-0.3, -0.25) is 9.59 Å². The summed E-state index contributed by atoms with van der Waals surface area (Å²) in [4.78, 5) is 25.3. The maximum atomic E-state index is 12.8. The van der Waals surface area contributed by atoms with Gasteiger partial charge in [0.15, 0.2) is 6.10 Å². The molecule has 5 heteroatoms. The first kappa shape index (κ1) is 21.5. The third-order valence-electron chi connectivity index (χ3n) is 4.73. The summed E-state index contributed by atoms with van der Waals surface area (Å²) in [6.45, 7) is 8.58. The van der Waals surface area contributed by atoms with Gasteiger partial charge < -0.3 is 15.4 Å². The van der Waals surface area contributed by atoms with Crippen LogP contribution in [0.4, 0.5) is 5.69 Å². The van der Waals surface area contributed by atoms with Crippen LogP contribution in [0.25, 0.3) is 0 Å². The normalized spacial score (nSPS) is 11.6. The van der Waals surface area contributed by atoms with Crippen LogP contribution in [0.5, 0.6) is 5.75 Å². The van der Waals surface area contributed by atoms with E-state index in [1.807, 2.05) is 39.0 Å². The summed E-state index contributed by atoms with van der Waals surface area (Å²) in [6.07, 6.45) is 1.80. The van der Waals surface area contributed by atoms with Gasteiger partial charge in [-0.2, -0.15) is 0 Å². The van der Waals surface area contributed by atoms with Crippen LogP contribution in [0.1, 0.15) is 54.6 Å². The van der Waals surface area contributed by atoms with Gasteiger partial charge in [0.05, 0.1) is 11.3 Å². The SMILES string of the molecule is CCCCNC(=O)c1ccccc1NC(=O)C(CC)Oc1cccc(C)c1C. The van der Waals surface area contributed by atoms with E-state index >= 15 is 0 Å². The predicted molar refractivity (Wildman–Crippen MR) is 113 cm³/mol. The Morgan fingerprint density at radius 1 is 1.04 bits per heavy atom. The molecule has 0 saturated heterocycles. The molecule has 0 saturated carbocycles. The molecule has 0 bridgehead atoms. The molecule has 0 aromatic heterocycles. The lowest BCUT2D eigenvalue weighted by Gasteiger charge is -2.20. The predicted octanol–water partition coefficient (Wildman–Crippen LogP) is 4.63. The summed E-state index contributed by atoms with van der Waals surface area (Å²) in [5, 5.41) is 5.75. The van der Waals surface area contributed by atoms with Crippen molar-refractivity contribution < 1.29 is 14.3 Å². The van der Waals surface area contributed by atoms with E-state index in [9.17, 15) is 9.59 Å². The van der Waals surface area contributed by atoms with E-state index in [0.29, 0.717) is 30.0 Å². The summed E-state index contributed by atoms with van der Waals surface area (Å²) >= 11 is 0. The topological polar surface area (TPSA) is 67.4 Å². The Balaban J connectivity index is 2.12. The molecule has 2 aromatic carbocycles. The molecule has 0 aliphatic rings. The molecule has 0 spiro atoms. The highest BCUT2D eigenvalue weighted by molar-refractivity contribution is 6.04.